The summed E-state index contributed by atoms with van der Waals surface area (Å²) in [5.74, 6) is 0. The molecule has 0 aliphatic rings. The lowest BCUT2D eigenvalue weighted by atomic mass is 10.1. The van der Waals surface area contributed by atoms with Crippen LogP contribution < -0.4 is 0 Å². The molecule has 0 aliphatic heterocycles. The van der Waals surface area contributed by atoms with Gasteiger partial charge in [-0.3, -0.25) is 0 Å². The summed E-state index contributed by atoms with van der Waals surface area (Å²) in [5, 5.41) is 0. The molecule has 0 unspecified atom stereocenters. The molecular weight excluding hydrogens is 371 g/mol. The molecule has 0 radical (unpaired) electrons. The van der Waals surface area contributed by atoms with Gasteiger partial charge in [-0.1, -0.05) is 104 Å². The van der Waals surface area contributed by atoms with Crippen LogP contribution in [0.25, 0.3) is 0 Å². The Hall–Kier alpha value is -0.0900. The highest BCUT2D eigenvalue weighted by molar-refractivity contribution is 14.1. The second-order valence-corrected chi connectivity index (χ2v) is 6.84. The van der Waals surface area contributed by atoms with Gasteiger partial charge in [0.1, 0.15) is 0 Å². The molecule has 0 saturated heterocycles. The highest BCUT2D eigenvalue weighted by Crippen LogP contribution is 2.11. The summed E-state index contributed by atoms with van der Waals surface area (Å²) in [4.78, 5) is 0. The third kappa shape index (κ3) is 12.2. The van der Waals surface area contributed by atoms with E-state index in [0.29, 0.717) is 0 Å². The number of benzene rings is 1. The molecule has 0 spiro atoms. The number of ether oxygens (including phenoxy) is 1. The Balaban J connectivity index is 1.75. The second kappa shape index (κ2) is 14.8. The molecule has 0 bridgehead atoms. The largest absolute Gasteiger partial charge is 0.377 e. The summed E-state index contributed by atoms with van der Waals surface area (Å²) in [6.45, 7) is 1.67. The van der Waals surface area contributed by atoms with Crippen molar-refractivity contribution in [3.8, 4) is 0 Å². The Morgan fingerprint density at radius 3 is 1.76 bits per heavy atom. The molecule has 1 aromatic rings. The van der Waals surface area contributed by atoms with E-state index in [0.717, 1.165) is 13.2 Å². The molecule has 1 rings (SSSR count). The zero-order valence-electron chi connectivity index (χ0n) is 13.4. The molecule has 0 N–H and O–H groups in total. The van der Waals surface area contributed by atoms with E-state index in [-0.39, 0.29) is 0 Å². The van der Waals surface area contributed by atoms with Crippen LogP contribution in [0.3, 0.4) is 0 Å². The molecule has 0 aromatic heterocycles. The van der Waals surface area contributed by atoms with Crippen LogP contribution in [-0.2, 0) is 11.3 Å². The molecule has 0 saturated carbocycles. The van der Waals surface area contributed by atoms with E-state index in [1.807, 2.05) is 6.07 Å². The van der Waals surface area contributed by atoms with Crippen LogP contribution in [0.2, 0.25) is 0 Å². The Labute approximate surface area is 145 Å². The van der Waals surface area contributed by atoms with Gasteiger partial charge in [-0.25, -0.2) is 0 Å². The predicted octanol–water partition coefficient (Wildman–Crippen LogP) is 6.54. The summed E-state index contributed by atoms with van der Waals surface area (Å²) in [6.07, 6.45) is 13.9. The molecule has 1 nitrogen and oxygen atoms in total. The number of alkyl halides is 1. The summed E-state index contributed by atoms with van der Waals surface area (Å²) in [6, 6.07) is 10.4. The Morgan fingerprint density at radius 2 is 1.19 bits per heavy atom. The van der Waals surface area contributed by atoms with E-state index in [2.05, 4.69) is 46.9 Å². The number of hydrogen-bond donors (Lipinski definition) is 0. The molecule has 0 atom stereocenters. The zero-order valence-corrected chi connectivity index (χ0v) is 15.5. The van der Waals surface area contributed by atoms with Crippen molar-refractivity contribution in [2.24, 2.45) is 0 Å². The predicted molar refractivity (Wildman–Crippen MR) is 101 cm³/mol. The molecule has 0 fully saturated rings. The van der Waals surface area contributed by atoms with Gasteiger partial charge in [0.2, 0.25) is 0 Å². The van der Waals surface area contributed by atoms with Gasteiger partial charge in [-0.05, 0) is 22.8 Å². The Bertz CT molecular complexity index is 313. The van der Waals surface area contributed by atoms with Crippen molar-refractivity contribution in [1.82, 2.24) is 0 Å². The topological polar surface area (TPSA) is 9.23 Å². The van der Waals surface area contributed by atoms with Gasteiger partial charge in [0.05, 0.1) is 6.61 Å². The van der Waals surface area contributed by atoms with Crippen LogP contribution in [0, 0.1) is 0 Å². The van der Waals surface area contributed by atoms with Gasteiger partial charge >= 0.3 is 0 Å². The van der Waals surface area contributed by atoms with Gasteiger partial charge in [-0.15, -0.1) is 0 Å². The maximum atomic E-state index is 5.70. The first kappa shape index (κ1) is 19.0. The van der Waals surface area contributed by atoms with Crippen molar-refractivity contribution in [1.29, 1.82) is 0 Å². The number of hydrogen-bond acceptors (Lipinski definition) is 1. The van der Waals surface area contributed by atoms with E-state index in [1.165, 1.54) is 74.2 Å². The third-order valence-corrected chi connectivity index (χ3v) is 4.55. The standard InChI is InChI=1S/C19H31IO/c20-16-12-7-5-3-1-2-4-6-8-13-17-21-18-19-14-10-9-11-15-19/h9-11,14-15H,1-8,12-13,16-18H2. The zero-order chi connectivity index (χ0) is 15.0. The minimum atomic E-state index is 0.762. The first-order chi connectivity index (χ1) is 10.4. The van der Waals surface area contributed by atoms with Crippen molar-refractivity contribution in [3.05, 3.63) is 35.9 Å². The Morgan fingerprint density at radius 1 is 0.667 bits per heavy atom. The number of rotatable bonds is 14. The highest BCUT2D eigenvalue weighted by atomic mass is 127. The maximum absolute atomic E-state index is 5.70. The lowest BCUT2D eigenvalue weighted by Gasteiger charge is -2.05. The van der Waals surface area contributed by atoms with E-state index >= 15 is 0 Å². The molecule has 2 heteroatoms. The normalized spacial score (nSPS) is 10.9. The van der Waals surface area contributed by atoms with Crippen molar-refractivity contribution in [2.45, 2.75) is 70.8 Å². The van der Waals surface area contributed by atoms with Gasteiger partial charge in [0.15, 0.2) is 0 Å². The van der Waals surface area contributed by atoms with E-state index in [1.54, 1.807) is 0 Å². The van der Waals surface area contributed by atoms with Crippen LogP contribution in [0.1, 0.15) is 69.8 Å². The minimum absolute atomic E-state index is 0.762. The van der Waals surface area contributed by atoms with Gasteiger partial charge < -0.3 is 4.74 Å². The average molecular weight is 402 g/mol. The van der Waals surface area contributed by atoms with Crippen LogP contribution in [0.5, 0.6) is 0 Å². The molecule has 0 amide bonds. The summed E-state index contributed by atoms with van der Waals surface area (Å²) < 4.78 is 7.03. The average Bonchev–Trinajstić information content (AvgIpc) is 2.53. The van der Waals surface area contributed by atoms with Gasteiger partial charge in [0.25, 0.3) is 0 Å². The molecule has 120 valence electrons. The van der Waals surface area contributed by atoms with Crippen LogP contribution in [0.4, 0.5) is 0 Å². The van der Waals surface area contributed by atoms with Gasteiger partial charge in [0, 0.05) is 6.61 Å². The van der Waals surface area contributed by atoms with E-state index < -0.39 is 0 Å². The van der Waals surface area contributed by atoms with Crippen molar-refractivity contribution < 1.29 is 4.74 Å². The van der Waals surface area contributed by atoms with Crippen molar-refractivity contribution in [2.75, 3.05) is 11.0 Å². The minimum Gasteiger partial charge on any atom is -0.377 e. The SMILES string of the molecule is ICCCCCCCCCCCCOCc1ccccc1. The monoisotopic (exact) mass is 402 g/mol. The van der Waals surface area contributed by atoms with Crippen LogP contribution >= 0.6 is 22.6 Å². The van der Waals surface area contributed by atoms with Crippen LogP contribution in [0.15, 0.2) is 30.3 Å². The fraction of sp³-hybridized carbons (Fsp3) is 0.684. The molecule has 21 heavy (non-hydrogen) atoms. The molecule has 0 aliphatic carbocycles. The fourth-order valence-corrected chi connectivity index (χ4v) is 3.02. The first-order valence-corrected chi connectivity index (χ1v) is 10.1. The number of halogens is 1. The van der Waals surface area contributed by atoms with E-state index in [9.17, 15) is 0 Å². The van der Waals surface area contributed by atoms with Gasteiger partial charge in [-0.2, -0.15) is 0 Å². The molecule has 1 aromatic carbocycles. The van der Waals surface area contributed by atoms with Crippen molar-refractivity contribution in [3.63, 3.8) is 0 Å². The quantitative estimate of drug-likeness (QED) is 0.195. The highest BCUT2D eigenvalue weighted by Gasteiger charge is 1.94. The smallest absolute Gasteiger partial charge is 0.0716 e. The Kier molecular flexibility index (Phi) is 13.4. The van der Waals surface area contributed by atoms with Crippen molar-refractivity contribution >= 4 is 22.6 Å². The second-order valence-electron chi connectivity index (χ2n) is 5.76. The van der Waals surface area contributed by atoms with Crippen LogP contribution in [-0.4, -0.2) is 11.0 Å². The fourth-order valence-electron chi connectivity index (χ4n) is 2.48. The summed E-state index contributed by atoms with van der Waals surface area (Å²) in [7, 11) is 0. The maximum Gasteiger partial charge on any atom is 0.0716 e. The lowest BCUT2D eigenvalue weighted by Crippen LogP contribution is -1.95. The summed E-state index contributed by atoms with van der Waals surface area (Å²) >= 11 is 2.47. The first-order valence-electron chi connectivity index (χ1n) is 8.61. The molecular formula is C19H31IO. The number of unbranched alkanes of at least 4 members (excludes halogenated alkanes) is 9. The lowest BCUT2D eigenvalue weighted by molar-refractivity contribution is 0.116. The van der Waals surface area contributed by atoms with E-state index in [4.69, 9.17) is 4.74 Å². The third-order valence-electron chi connectivity index (χ3n) is 3.78. The summed E-state index contributed by atoms with van der Waals surface area (Å²) in [5.41, 5.74) is 1.28. The molecule has 0 heterocycles.